The van der Waals surface area contributed by atoms with E-state index in [2.05, 4.69) is 38.1 Å². The van der Waals surface area contributed by atoms with Gasteiger partial charge < -0.3 is 4.90 Å². The van der Waals surface area contributed by atoms with Crippen molar-refractivity contribution in [2.75, 3.05) is 20.6 Å². The van der Waals surface area contributed by atoms with E-state index in [0.29, 0.717) is 0 Å². The van der Waals surface area contributed by atoms with E-state index in [1.54, 1.807) is 0 Å². The molecule has 0 rings (SSSR count). The van der Waals surface area contributed by atoms with Crippen LogP contribution >= 0.6 is 0 Å². The standard InChI is InChI=1S/C13H27N/c1-4-5-6-7-8-9-10-11-12-13-14(2)3/h9-10H,4-8,11-13H2,1-3H3. The molecule has 0 fully saturated rings. The number of hydrogen-bond donors (Lipinski definition) is 0. The van der Waals surface area contributed by atoms with Gasteiger partial charge in [-0.2, -0.15) is 0 Å². The molecule has 0 atom stereocenters. The zero-order valence-corrected chi connectivity index (χ0v) is 10.3. The van der Waals surface area contributed by atoms with Gasteiger partial charge in [0.05, 0.1) is 0 Å². The van der Waals surface area contributed by atoms with Gasteiger partial charge in [-0.05, 0) is 46.3 Å². The lowest BCUT2D eigenvalue weighted by Crippen LogP contribution is -2.12. The SMILES string of the molecule is CCCCCCC=CCCCN(C)C. The topological polar surface area (TPSA) is 3.24 Å². The molecule has 0 aliphatic rings. The summed E-state index contributed by atoms with van der Waals surface area (Å²) in [4.78, 5) is 2.25. The monoisotopic (exact) mass is 197 g/mol. The van der Waals surface area contributed by atoms with Crippen molar-refractivity contribution in [1.29, 1.82) is 0 Å². The molecule has 0 N–H and O–H groups in total. The van der Waals surface area contributed by atoms with Gasteiger partial charge in [0.2, 0.25) is 0 Å². The predicted octanol–water partition coefficient (Wildman–Crippen LogP) is 3.85. The van der Waals surface area contributed by atoms with Crippen molar-refractivity contribution in [1.82, 2.24) is 4.90 Å². The average Bonchev–Trinajstić information content (AvgIpc) is 2.15. The zero-order valence-electron chi connectivity index (χ0n) is 10.3. The average molecular weight is 197 g/mol. The van der Waals surface area contributed by atoms with Gasteiger partial charge in [-0.1, -0.05) is 38.3 Å². The second kappa shape index (κ2) is 10.8. The van der Waals surface area contributed by atoms with Crippen LogP contribution in [0.4, 0.5) is 0 Å². The minimum Gasteiger partial charge on any atom is -0.309 e. The van der Waals surface area contributed by atoms with Crippen molar-refractivity contribution in [2.24, 2.45) is 0 Å². The van der Waals surface area contributed by atoms with Crippen LogP contribution in [0, 0.1) is 0 Å². The van der Waals surface area contributed by atoms with Gasteiger partial charge in [-0.15, -0.1) is 0 Å². The van der Waals surface area contributed by atoms with Crippen molar-refractivity contribution in [3.63, 3.8) is 0 Å². The molecule has 0 spiro atoms. The molecule has 14 heavy (non-hydrogen) atoms. The summed E-state index contributed by atoms with van der Waals surface area (Å²) >= 11 is 0. The zero-order chi connectivity index (χ0) is 10.6. The highest BCUT2D eigenvalue weighted by atomic mass is 15.0. The molecule has 0 radical (unpaired) electrons. The molecular weight excluding hydrogens is 170 g/mol. The first kappa shape index (κ1) is 13.7. The molecule has 0 bridgehead atoms. The van der Waals surface area contributed by atoms with Gasteiger partial charge in [0, 0.05) is 0 Å². The first-order valence-electron chi connectivity index (χ1n) is 6.07. The lowest BCUT2D eigenvalue weighted by molar-refractivity contribution is 0.402. The lowest BCUT2D eigenvalue weighted by atomic mass is 10.1. The van der Waals surface area contributed by atoms with Gasteiger partial charge in [0.25, 0.3) is 0 Å². The van der Waals surface area contributed by atoms with Crippen LogP contribution in [-0.2, 0) is 0 Å². The Hall–Kier alpha value is -0.300. The molecular formula is C13H27N. The van der Waals surface area contributed by atoms with Gasteiger partial charge in [0.15, 0.2) is 0 Å². The summed E-state index contributed by atoms with van der Waals surface area (Å²) in [7, 11) is 4.27. The summed E-state index contributed by atoms with van der Waals surface area (Å²) in [6.07, 6.45) is 14.0. The van der Waals surface area contributed by atoms with E-state index in [4.69, 9.17) is 0 Å². The highest BCUT2D eigenvalue weighted by Gasteiger charge is 1.87. The summed E-state index contributed by atoms with van der Waals surface area (Å²) in [6, 6.07) is 0. The molecule has 0 aromatic carbocycles. The van der Waals surface area contributed by atoms with Crippen LogP contribution in [0.2, 0.25) is 0 Å². The van der Waals surface area contributed by atoms with Gasteiger partial charge >= 0.3 is 0 Å². The Balaban J connectivity index is 3.04. The second-order valence-corrected chi connectivity index (χ2v) is 4.27. The fourth-order valence-electron chi connectivity index (χ4n) is 1.45. The number of hydrogen-bond acceptors (Lipinski definition) is 1. The minimum absolute atomic E-state index is 1.21. The number of allylic oxidation sites excluding steroid dienone is 2. The van der Waals surface area contributed by atoms with E-state index in [1.807, 2.05) is 0 Å². The Morgan fingerprint density at radius 2 is 1.50 bits per heavy atom. The summed E-state index contributed by atoms with van der Waals surface area (Å²) in [6.45, 7) is 3.47. The normalized spacial score (nSPS) is 11.7. The minimum atomic E-state index is 1.21. The molecule has 0 aliphatic heterocycles. The molecule has 0 saturated heterocycles. The maximum atomic E-state index is 2.35. The van der Waals surface area contributed by atoms with Gasteiger partial charge in [-0.25, -0.2) is 0 Å². The Kier molecular flexibility index (Phi) is 10.5. The van der Waals surface area contributed by atoms with Crippen LogP contribution in [0.25, 0.3) is 0 Å². The Labute approximate surface area is 90.2 Å². The maximum Gasteiger partial charge on any atom is -0.00219 e. The van der Waals surface area contributed by atoms with E-state index < -0.39 is 0 Å². The molecule has 0 heterocycles. The second-order valence-electron chi connectivity index (χ2n) is 4.27. The van der Waals surface area contributed by atoms with E-state index >= 15 is 0 Å². The highest BCUT2D eigenvalue weighted by molar-refractivity contribution is 4.81. The molecule has 84 valence electrons. The maximum absolute atomic E-state index is 2.35. The van der Waals surface area contributed by atoms with Crippen molar-refractivity contribution in [3.05, 3.63) is 12.2 Å². The number of nitrogens with zero attached hydrogens (tertiary/aromatic N) is 1. The first-order chi connectivity index (χ1) is 6.77. The van der Waals surface area contributed by atoms with Gasteiger partial charge in [0.1, 0.15) is 0 Å². The Morgan fingerprint density at radius 3 is 2.07 bits per heavy atom. The fourth-order valence-corrected chi connectivity index (χ4v) is 1.45. The molecule has 0 saturated carbocycles. The Bertz CT molecular complexity index is 127. The molecule has 0 aromatic heterocycles. The first-order valence-corrected chi connectivity index (χ1v) is 6.07. The van der Waals surface area contributed by atoms with Crippen molar-refractivity contribution >= 4 is 0 Å². The molecule has 1 heteroatoms. The van der Waals surface area contributed by atoms with Crippen LogP contribution in [0.5, 0.6) is 0 Å². The fraction of sp³-hybridized carbons (Fsp3) is 0.846. The molecule has 1 nitrogen and oxygen atoms in total. The van der Waals surface area contributed by atoms with Crippen molar-refractivity contribution in [2.45, 2.75) is 51.9 Å². The molecule has 0 unspecified atom stereocenters. The van der Waals surface area contributed by atoms with Crippen LogP contribution < -0.4 is 0 Å². The van der Waals surface area contributed by atoms with E-state index in [1.165, 1.54) is 51.5 Å². The smallest absolute Gasteiger partial charge is 0.00219 e. The van der Waals surface area contributed by atoms with Crippen LogP contribution in [-0.4, -0.2) is 25.5 Å². The lowest BCUT2D eigenvalue weighted by Gasteiger charge is -2.06. The van der Waals surface area contributed by atoms with Crippen molar-refractivity contribution < 1.29 is 0 Å². The highest BCUT2D eigenvalue weighted by Crippen LogP contribution is 2.03. The van der Waals surface area contributed by atoms with Crippen molar-refractivity contribution in [3.8, 4) is 0 Å². The quantitative estimate of drug-likeness (QED) is 0.401. The Morgan fingerprint density at radius 1 is 0.857 bits per heavy atom. The summed E-state index contributed by atoms with van der Waals surface area (Å²) < 4.78 is 0. The molecule has 0 aromatic rings. The largest absolute Gasteiger partial charge is 0.309 e. The van der Waals surface area contributed by atoms with Crippen LogP contribution in [0.3, 0.4) is 0 Å². The van der Waals surface area contributed by atoms with E-state index in [9.17, 15) is 0 Å². The molecule has 0 amide bonds. The molecule has 0 aliphatic carbocycles. The third-order valence-corrected chi connectivity index (χ3v) is 2.37. The number of rotatable bonds is 9. The van der Waals surface area contributed by atoms with E-state index in [-0.39, 0.29) is 0 Å². The predicted molar refractivity (Wildman–Crippen MR) is 65.7 cm³/mol. The number of unbranched alkanes of at least 4 members (excludes halogenated alkanes) is 5. The summed E-state index contributed by atoms with van der Waals surface area (Å²) in [5.41, 5.74) is 0. The van der Waals surface area contributed by atoms with E-state index in [0.717, 1.165) is 0 Å². The van der Waals surface area contributed by atoms with Crippen LogP contribution in [0.1, 0.15) is 51.9 Å². The third-order valence-electron chi connectivity index (χ3n) is 2.37. The summed E-state index contributed by atoms with van der Waals surface area (Å²) in [5, 5.41) is 0. The van der Waals surface area contributed by atoms with Gasteiger partial charge in [-0.3, -0.25) is 0 Å². The summed E-state index contributed by atoms with van der Waals surface area (Å²) in [5.74, 6) is 0. The third kappa shape index (κ3) is 11.7. The van der Waals surface area contributed by atoms with Crippen LogP contribution in [0.15, 0.2) is 12.2 Å².